The molecular formula is C27H24N4OS. The first-order chi connectivity index (χ1) is 16.1. The molecule has 5 nitrogen and oxygen atoms in total. The van der Waals surface area contributed by atoms with Crippen molar-refractivity contribution in [1.82, 2.24) is 13.9 Å². The lowest BCUT2D eigenvalue weighted by atomic mass is 10.1. The number of rotatable bonds is 5. The molecule has 0 bridgehead atoms. The lowest BCUT2D eigenvalue weighted by Crippen LogP contribution is -2.20. The molecule has 0 N–H and O–H groups in total. The highest BCUT2D eigenvalue weighted by molar-refractivity contribution is 7.07. The van der Waals surface area contributed by atoms with Gasteiger partial charge < -0.3 is 4.57 Å². The van der Waals surface area contributed by atoms with E-state index in [4.69, 9.17) is 4.99 Å². The molecule has 0 aliphatic rings. The number of benzene rings is 3. The predicted octanol–water partition coefficient (Wildman–Crippen LogP) is 5.30. The monoisotopic (exact) mass is 452 g/mol. The third-order valence-electron chi connectivity index (χ3n) is 5.78. The second-order valence-electron chi connectivity index (χ2n) is 7.86. The normalized spacial score (nSPS) is 11.8. The van der Waals surface area contributed by atoms with Crippen LogP contribution in [0.15, 0.2) is 106 Å². The number of hydrogen-bond donors (Lipinski definition) is 0. The minimum atomic E-state index is -0.123. The summed E-state index contributed by atoms with van der Waals surface area (Å²) in [6.45, 7) is 2.61. The van der Waals surface area contributed by atoms with Gasteiger partial charge in [-0.05, 0) is 30.2 Å². The van der Waals surface area contributed by atoms with Crippen LogP contribution in [0, 0.1) is 6.92 Å². The maximum absolute atomic E-state index is 13.4. The Hall–Kier alpha value is -3.90. The molecule has 5 aromatic rings. The van der Waals surface area contributed by atoms with Crippen LogP contribution in [0.5, 0.6) is 0 Å². The minimum Gasteiger partial charge on any atom is -0.312 e. The SMILES string of the molecule is Cc1c(N=c2scc(-c3ccccc3)n2Cc2ccccc2)c(=O)n(-c2ccccc2)n1C. The molecule has 0 aliphatic heterocycles. The summed E-state index contributed by atoms with van der Waals surface area (Å²) in [5, 5.41) is 2.12. The van der Waals surface area contributed by atoms with Crippen LogP contribution in [0.2, 0.25) is 0 Å². The van der Waals surface area contributed by atoms with E-state index in [1.54, 1.807) is 16.0 Å². The standard InChI is InChI=1S/C27H24N4OS/c1-20-25(26(32)31(29(20)2)23-16-10-5-11-17-23)28-27-30(18-21-12-6-3-7-13-21)24(19-33-27)22-14-8-4-9-15-22/h3-17,19H,18H2,1-2H3. The molecule has 0 radical (unpaired) electrons. The van der Waals surface area contributed by atoms with Gasteiger partial charge in [-0.15, -0.1) is 11.3 Å². The zero-order valence-corrected chi connectivity index (χ0v) is 19.4. The Kier molecular flexibility index (Phi) is 5.67. The number of aromatic nitrogens is 3. The van der Waals surface area contributed by atoms with Crippen molar-refractivity contribution in [1.29, 1.82) is 0 Å². The van der Waals surface area contributed by atoms with Crippen LogP contribution in [0.25, 0.3) is 16.9 Å². The molecule has 0 unspecified atom stereocenters. The van der Waals surface area contributed by atoms with Crippen LogP contribution in [0.4, 0.5) is 5.69 Å². The Balaban J connectivity index is 1.70. The first kappa shape index (κ1) is 21.0. The fourth-order valence-electron chi connectivity index (χ4n) is 3.96. The lowest BCUT2D eigenvalue weighted by molar-refractivity contribution is 0.630. The van der Waals surface area contributed by atoms with E-state index >= 15 is 0 Å². The van der Waals surface area contributed by atoms with Gasteiger partial charge in [0, 0.05) is 12.4 Å². The van der Waals surface area contributed by atoms with Gasteiger partial charge in [-0.3, -0.25) is 9.48 Å². The van der Waals surface area contributed by atoms with Gasteiger partial charge in [0.2, 0.25) is 0 Å². The summed E-state index contributed by atoms with van der Waals surface area (Å²) in [5.41, 5.74) is 5.37. The van der Waals surface area contributed by atoms with Gasteiger partial charge in [0.1, 0.15) is 0 Å². The molecular weight excluding hydrogens is 428 g/mol. The van der Waals surface area contributed by atoms with Gasteiger partial charge >= 0.3 is 0 Å². The molecule has 0 spiro atoms. The van der Waals surface area contributed by atoms with E-state index in [0.29, 0.717) is 12.2 Å². The van der Waals surface area contributed by atoms with E-state index in [1.807, 2.05) is 85.4 Å². The lowest BCUT2D eigenvalue weighted by Gasteiger charge is -2.09. The van der Waals surface area contributed by atoms with Gasteiger partial charge in [0.05, 0.1) is 23.6 Å². The molecule has 3 aromatic carbocycles. The van der Waals surface area contributed by atoms with E-state index in [1.165, 1.54) is 5.56 Å². The molecule has 2 heterocycles. The molecule has 0 saturated heterocycles. The Morgan fingerprint density at radius 2 is 1.45 bits per heavy atom. The molecule has 0 aliphatic carbocycles. The first-order valence-electron chi connectivity index (χ1n) is 10.8. The van der Waals surface area contributed by atoms with Crippen LogP contribution in [-0.2, 0) is 13.6 Å². The molecule has 0 amide bonds. The number of thiazole rings is 1. The average molecular weight is 453 g/mol. The number of hydrogen-bond acceptors (Lipinski definition) is 3. The summed E-state index contributed by atoms with van der Waals surface area (Å²) in [4.78, 5) is 19.1. The van der Waals surface area contributed by atoms with Crippen molar-refractivity contribution in [2.45, 2.75) is 13.5 Å². The van der Waals surface area contributed by atoms with Crippen molar-refractivity contribution in [3.8, 4) is 16.9 Å². The zero-order valence-electron chi connectivity index (χ0n) is 18.6. The third kappa shape index (κ3) is 4.01. The molecule has 33 heavy (non-hydrogen) atoms. The number of para-hydroxylation sites is 1. The van der Waals surface area contributed by atoms with Crippen LogP contribution in [0.3, 0.4) is 0 Å². The highest BCUT2D eigenvalue weighted by Gasteiger charge is 2.17. The van der Waals surface area contributed by atoms with Crippen LogP contribution in [0.1, 0.15) is 11.3 Å². The maximum Gasteiger partial charge on any atom is 0.297 e. The second kappa shape index (κ2) is 8.92. The fraction of sp³-hybridized carbons (Fsp3) is 0.111. The Morgan fingerprint density at radius 3 is 2.12 bits per heavy atom. The van der Waals surface area contributed by atoms with E-state index in [9.17, 15) is 4.79 Å². The molecule has 0 atom stereocenters. The summed E-state index contributed by atoms with van der Waals surface area (Å²) in [5.74, 6) is 0. The first-order valence-corrected chi connectivity index (χ1v) is 11.7. The highest BCUT2D eigenvalue weighted by Crippen LogP contribution is 2.22. The molecule has 0 fully saturated rings. The smallest absolute Gasteiger partial charge is 0.297 e. The summed E-state index contributed by atoms with van der Waals surface area (Å²) < 4.78 is 5.72. The van der Waals surface area contributed by atoms with Crippen LogP contribution < -0.4 is 10.4 Å². The van der Waals surface area contributed by atoms with Crippen molar-refractivity contribution >= 4 is 17.0 Å². The Bertz CT molecular complexity index is 1510. The Morgan fingerprint density at radius 1 is 0.848 bits per heavy atom. The molecule has 6 heteroatoms. The van der Waals surface area contributed by atoms with Crippen LogP contribution >= 0.6 is 11.3 Å². The van der Waals surface area contributed by atoms with Crippen molar-refractivity contribution in [3.63, 3.8) is 0 Å². The fourth-order valence-corrected chi connectivity index (χ4v) is 4.87. The maximum atomic E-state index is 13.4. The molecule has 0 saturated carbocycles. The van der Waals surface area contributed by atoms with Gasteiger partial charge in [-0.2, -0.15) is 0 Å². The predicted molar refractivity (Wildman–Crippen MR) is 134 cm³/mol. The quantitative estimate of drug-likeness (QED) is 0.357. The van der Waals surface area contributed by atoms with Crippen molar-refractivity contribution in [2.24, 2.45) is 12.0 Å². The van der Waals surface area contributed by atoms with E-state index in [2.05, 4.69) is 34.2 Å². The second-order valence-corrected chi connectivity index (χ2v) is 8.70. The largest absolute Gasteiger partial charge is 0.312 e. The third-order valence-corrected chi connectivity index (χ3v) is 6.65. The number of nitrogens with zero attached hydrogens (tertiary/aromatic N) is 4. The molecule has 164 valence electrons. The zero-order chi connectivity index (χ0) is 22.8. The topological polar surface area (TPSA) is 44.2 Å². The molecule has 2 aromatic heterocycles. The average Bonchev–Trinajstić information content (AvgIpc) is 3.34. The Labute approximate surface area is 196 Å². The van der Waals surface area contributed by atoms with Gasteiger partial charge in [0.25, 0.3) is 5.56 Å². The highest BCUT2D eigenvalue weighted by atomic mass is 32.1. The van der Waals surface area contributed by atoms with Gasteiger partial charge in [0.15, 0.2) is 10.5 Å². The molecule has 5 rings (SSSR count). The van der Waals surface area contributed by atoms with E-state index in [0.717, 1.165) is 27.4 Å². The van der Waals surface area contributed by atoms with Crippen molar-refractivity contribution in [2.75, 3.05) is 0 Å². The van der Waals surface area contributed by atoms with E-state index in [-0.39, 0.29) is 5.56 Å². The summed E-state index contributed by atoms with van der Waals surface area (Å²) in [6.07, 6.45) is 0. The summed E-state index contributed by atoms with van der Waals surface area (Å²) >= 11 is 1.55. The summed E-state index contributed by atoms with van der Waals surface area (Å²) in [6, 6.07) is 30.3. The van der Waals surface area contributed by atoms with Gasteiger partial charge in [-0.25, -0.2) is 9.67 Å². The summed E-state index contributed by atoms with van der Waals surface area (Å²) in [7, 11) is 1.89. The van der Waals surface area contributed by atoms with Crippen molar-refractivity contribution < 1.29 is 0 Å². The van der Waals surface area contributed by atoms with E-state index < -0.39 is 0 Å². The minimum absolute atomic E-state index is 0.123. The van der Waals surface area contributed by atoms with Crippen molar-refractivity contribution in [3.05, 3.63) is 123 Å². The van der Waals surface area contributed by atoms with Crippen LogP contribution in [-0.4, -0.2) is 13.9 Å². The van der Waals surface area contributed by atoms with Gasteiger partial charge in [-0.1, -0.05) is 78.9 Å².